The van der Waals surface area contributed by atoms with Crippen LogP contribution in [0.4, 0.5) is 0 Å². The highest BCUT2D eigenvalue weighted by atomic mass is 16.7. The van der Waals surface area contributed by atoms with Crippen molar-refractivity contribution in [3.8, 4) is 11.5 Å². The zero-order valence-corrected chi connectivity index (χ0v) is 8.53. The third kappa shape index (κ3) is 3.23. The average Bonchev–Trinajstić information content (AvgIpc) is 2.29. The van der Waals surface area contributed by atoms with E-state index in [-0.39, 0.29) is 0 Å². The Morgan fingerprint density at radius 1 is 1.47 bits per heavy atom. The summed E-state index contributed by atoms with van der Waals surface area (Å²) in [4.78, 5) is 15.7. The summed E-state index contributed by atoms with van der Waals surface area (Å²) in [5.74, 6) is 1.03. The van der Waals surface area contributed by atoms with E-state index in [1.54, 1.807) is 18.2 Å². The van der Waals surface area contributed by atoms with E-state index in [2.05, 4.69) is 5.48 Å². The highest BCUT2D eigenvalue weighted by Gasteiger charge is 2.05. The van der Waals surface area contributed by atoms with Crippen molar-refractivity contribution < 1.29 is 14.4 Å². The summed E-state index contributed by atoms with van der Waals surface area (Å²) in [6, 6.07) is 4.91. The smallest absolute Gasteiger partial charge is 0.188 e. The van der Waals surface area contributed by atoms with Gasteiger partial charge in [0, 0.05) is 18.7 Å². The lowest BCUT2D eigenvalue weighted by molar-refractivity contribution is 0.112. The number of carbonyl (C=O) groups is 1. The second kappa shape index (κ2) is 6.00. The van der Waals surface area contributed by atoms with Crippen molar-refractivity contribution >= 4 is 6.29 Å². The number of carbonyl (C=O) groups excluding carboxylic acids is 1. The van der Waals surface area contributed by atoms with Crippen molar-refractivity contribution in [1.82, 2.24) is 5.48 Å². The number of methoxy groups -OCH3 is 1. The van der Waals surface area contributed by atoms with Crippen LogP contribution in [-0.4, -0.2) is 26.5 Å². The molecule has 3 N–H and O–H groups in total. The molecule has 1 aromatic rings. The molecule has 0 saturated heterocycles. The minimum atomic E-state index is 0.481. The summed E-state index contributed by atoms with van der Waals surface area (Å²) in [7, 11) is 1.51. The van der Waals surface area contributed by atoms with Crippen molar-refractivity contribution in [3.63, 3.8) is 0 Å². The van der Waals surface area contributed by atoms with Crippen LogP contribution in [0.5, 0.6) is 11.5 Å². The molecule has 0 saturated carbocycles. The maximum absolute atomic E-state index is 10.5. The summed E-state index contributed by atoms with van der Waals surface area (Å²) < 4.78 is 5.06. The molecular weight excluding hydrogens is 196 g/mol. The van der Waals surface area contributed by atoms with Crippen LogP contribution in [-0.2, 0) is 0 Å². The summed E-state index contributed by atoms with van der Waals surface area (Å²) in [6.45, 7) is 1.02. The zero-order chi connectivity index (χ0) is 11.1. The van der Waals surface area contributed by atoms with Crippen LogP contribution >= 0.6 is 0 Å². The zero-order valence-electron chi connectivity index (χ0n) is 8.53. The number of aldehydes is 1. The number of nitrogens with two attached hydrogens (primary N) is 1. The van der Waals surface area contributed by atoms with Gasteiger partial charge in [0.25, 0.3) is 0 Å². The Morgan fingerprint density at radius 3 is 2.87 bits per heavy atom. The molecule has 1 aromatic carbocycles. The van der Waals surface area contributed by atoms with E-state index in [0.717, 1.165) is 6.29 Å². The lowest BCUT2D eigenvalue weighted by atomic mass is 10.2. The lowest BCUT2D eigenvalue weighted by Crippen LogP contribution is -2.25. The summed E-state index contributed by atoms with van der Waals surface area (Å²) in [6.07, 6.45) is 0.750. The molecule has 0 bridgehead atoms. The number of rotatable bonds is 6. The van der Waals surface area contributed by atoms with Gasteiger partial charge in [0.05, 0.1) is 7.11 Å². The van der Waals surface area contributed by atoms with E-state index >= 15 is 0 Å². The normalized spacial score (nSPS) is 9.73. The molecule has 1 rings (SSSR count). The van der Waals surface area contributed by atoms with Gasteiger partial charge in [-0.1, -0.05) is 0 Å². The second-order valence-electron chi connectivity index (χ2n) is 2.81. The summed E-state index contributed by atoms with van der Waals surface area (Å²) >= 11 is 0. The van der Waals surface area contributed by atoms with Gasteiger partial charge in [-0.15, -0.1) is 0 Å². The summed E-state index contributed by atoms with van der Waals surface area (Å²) in [5, 5.41) is 0. The fourth-order valence-electron chi connectivity index (χ4n) is 1.03. The van der Waals surface area contributed by atoms with Crippen molar-refractivity contribution in [1.29, 1.82) is 0 Å². The molecule has 0 radical (unpaired) electrons. The van der Waals surface area contributed by atoms with Crippen LogP contribution in [0.2, 0.25) is 0 Å². The molecule has 5 nitrogen and oxygen atoms in total. The third-order valence-electron chi connectivity index (χ3n) is 1.75. The highest BCUT2D eigenvalue weighted by Crippen LogP contribution is 2.26. The standard InChI is InChI=1S/C10H14N2O3/c1-14-10-6-8(7-13)2-3-9(10)15-12-5-4-11/h2-3,6-7,12H,4-5,11H2,1H3. The Morgan fingerprint density at radius 2 is 2.27 bits per heavy atom. The van der Waals surface area contributed by atoms with E-state index in [0.29, 0.717) is 30.2 Å². The second-order valence-corrected chi connectivity index (χ2v) is 2.81. The van der Waals surface area contributed by atoms with E-state index in [4.69, 9.17) is 15.3 Å². The van der Waals surface area contributed by atoms with Gasteiger partial charge in [-0.05, 0) is 18.2 Å². The molecule has 0 unspecified atom stereocenters. The average molecular weight is 210 g/mol. The number of hydroxylamine groups is 1. The molecule has 0 spiro atoms. The van der Waals surface area contributed by atoms with E-state index in [1.165, 1.54) is 7.11 Å². The SMILES string of the molecule is COc1cc(C=O)ccc1ONCCN. The maximum Gasteiger partial charge on any atom is 0.188 e. The minimum Gasteiger partial charge on any atom is -0.493 e. The Balaban J connectivity index is 2.73. The predicted molar refractivity (Wildman–Crippen MR) is 56.1 cm³/mol. The number of nitrogens with one attached hydrogen (secondary N) is 1. The van der Waals surface area contributed by atoms with Gasteiger partial charge in [0.1, 0.15) is 6.29 Å². The number of hydrogen-bond donors (Lipinski definition) is 2. The maximum atomic E-state index is 10.5. The quantitative estimate of drug-likeness (QED) is 0.402. The van der Waals surface area contributed by atoms with Crippen LogP contribution < -0.4 is 20.8 Å². The third-order valence-corrected chi connectivity index (χ3v) is 1.75. The first-order valence-electron chi connectivity index (χ1n) is 4.54. The Kier molecular flexibility index (Phi) is 4.59. The Hall–Kier alpha value is -1.59. The molecule has 5 heteroatoms. The highest BCUT2D eigenvalue weighted by molar-refractivity contribution is 5.76. The molecule has 0 aromatic heterocycles. The Labute approximate surface area is 88.1 Å². The van der Waals surface area contributed by atoms with Gasteiger partial charge < -0.3 is 15.3 Å². The molecule has 0 atom stereocenters. The van der Waals surface area contributed by atoms with Gasteiger partial charge in [-0.3, -0.25) is 4.79 Å². The van der Waals surface area contributed by atoms with Gasteiger partial charge in [0.15, 0.2) is 11.5 Å². The molecule has 82 valence electrons. The minimum absolute atomic E-state index is 0.481. The summed E-state index contributed by atoms with van der Waals surface area (Å²) in [5.41, 5.74) is 8.50. The Bertz CT molecular complexity index is 328. The van der Waals surface area contributed by atoms with Gasteiger partial charge >= 0.3 is 0 Å². The molecule has 0 aliphatic carbocycles. The van der Waals surface area contributed by atoms with Gasteiger partial charge in [0.2, 0.25) is 0 Å². The fraction of sp³-hybridized carbons (Fsp3) is 0.300. The van der Waals surface area contributed by atoms with Crippen molar-refractivity contribution in [2.75, 3.05) is 20.2 Å². The monoisotopic (exact) mass is 210 g/mol. The number of ether oxygens (including phenoxy) is 1. The molecule has 0 amide bonds. The molecule has 0 heterocycles. The largest absolute Gasteiger partial charge is 0.493 e. The topological polar surface area (TPSA) is 73.6 Å². The fourth-order valence-corrected chi connectivity index (χ4v) is 1.03. The predicted octanol–water partition coefficient (Wildman–Crippen LogP) is 0.350. The molecule has 0 fully saturated rings. The number of hydrogen-bond acceptors (Lipinski definition) is 5. The number of benzene rings is 1. The van der Waals surface area contributed by atoms with E-state index < -0.39 is 0 Å². The first kappa shape index (κ1) is 11.5. The molecule has 0 aliphatic rings. The van der Waals surface area contributed by atoms with Crippen molar-refractivity contribution in [2.24, 2.45) is 5.73 Å². The van der Waals surface area contributed by atoms with Crippen LogP contribution in [0.15, 0.2) is 18.2 Å². The molecule has 0 aliphatic heterocycles. The molecule has 15 heavy (non-hydrogen) atoms. The first-order chi connectivity index (χ1) is 7.31. The van der Waals surface area contributed by atoms with Crippen LogP contribution in [0.3, 0.4) is 0 Å². The van der Waals surface area contributed by atoms with Crippen LogP contribution in [0.1, 0.15) is 10.4 Å². The van der Waals surface area contributed by atoms with Gasteiger partial charge in [-0.25, -0.2) is 0 Å². The van der Waals surface area contributed by atoms with Crippen molar-refractivity contribution in [2.45, 2.75) is 0 Å². The van der Waals surface area contributed by atoms with Crippen LogP contribution in [0, 0.1) is 0 Å². The first-order valence-corrected chi connectivity index (χ1v) is 4.54. The van der Waals surface area contributed by atoms with E-state index in [1.807, 2.05) is 0 Å². The van der Waals surface area contributed by atoms with E-state index in [9.17, 15) is 4.79 Å². The molecular formula is C10H14N2O3. The lowest BCUT2D eigenvalue weighted by Gasteiger charge is -2.10. The van der Waals surface area contributed by atoms with Crippen molar-refractivity contribution in [3.05, 3.63) is 23.8 Å². The van der Waals surface area contributed by atoms with Crippen LogP contribution in [0.25, 0.3) is 0 Å². The van der Waals surface area contributed by atoms with Gasteiger partial charge in [-0.2, -0.15) is 5.48 Å².